The van der Waals surface area contributed by atoms with Crippen molar-refractivity contribution in [1.29, 1.82) is 0 Å². The number of nitrogens with zero attached hydrogens (tertiary/aromatic N) is 3. The molecule has 0 aliphatic carbocycles. The van der Waals surface area contributed by atoms with Gasteiger partial charge in [0.2, 0.25) is 23.7 Å². The number of furan rings is 1. The van der Waals surface area contributed by atoms with Gasteiger partial charge in [-0.2, -0.15) is 0 Å². The molecule has 45 heavy (non-hydrogen) atoms. The predicted molar refractivity (Wildman–Crippen MR) is 167 cm³/mol. The van der Waals surface area contributed by atoms with Crippen LogP contribution < -0.4 is 21.7 Å². The van der Waals surface area contributed by atoms with E-state index in [1.54, 1.807) is 21.9 Å². The Morgan fingerprint density at radius 3 is 2.33 bits per heavy atom. The Labute approximate surface area is 260 Å². The summed E-state index contributed by atoms with van der Waals surface area (Å²) >= 11 is 0. The number of guanidine groups is 1. The zero-order chi connectivity index (χ0) is 31.9. The van der Waals surface area contributed by atoms with Gasteiger partial charge in [0, 0.05) is 41.8 Å². The number of carbonyl (C=O) groups excluding carboxylic acids is 5. The van der Waals surface area contributed by atoms with Crippen LogP contribution in [-0.4, -0.2) is 84.1 Å². The number of aryl methyl sites for hydroxylation is 1. The summed E-state index contributed by atoms with van der Waals surface area (Å²) < 4.78 is 5.67. The van der Waals surface area contributed by atoms with Gasteiger partial charge in [-0.1, -0.05) is 0 Å². The van der Waals surface area contributed by atoms with Crippen molar-refractivity contribution in [2.24, 2.45) is 10.7 Å². The van der Waals surface area contributed by atoms with Gasteiger partial charge < -0.3 is 30.6 Å². The van der Waals surface area contributed by atoms with Crippen LogP contribution in [0.4, 0.5) is 5.69 Å². The normalized spacial score (nSPS) is 17.2. The van der Waals surface area contributed by atoms with E-state index in [2.05, 4.69) is 16.0 Å². The van der Waals surface area contributed by atoms with E-state index in [1.807, 2.05) is 19.1 Å². The van der Waals surface area contributed by atoms with Gasteiger partial charge in [-0.05, 0) is 87.6 Å². The highest BCUT2D eigenvalue weighted by atomic mass is 16.3. The molecule has 5 N–H and O–H groups in total. The molecular weight excluding hydrogens is 578 g/mol. The molecule has 0 saturated carbocycles. The first-order chi connectivity index (χ1) is 21.7. The molecule has 236 valence electrons. The minimum absolute atomic E-state index is 0.00977. The zero-order valence-corrected chi connectivity index (χ0v) is 25.1. The number of rotatable bonds is 8. The molecule has 5 rings (SSSR count). The van der Waals surface area contributed by atoms with E-state index in [4.69, 9.17) is 15.1 Å². The average molecular weight is 616 g/mol. The molecule has 2 saturated heterocycles. The fourth-order valence-electron chi connectivity index (χ4n) is 5.46. The number of hydrogen-bond acceptors (Lipinski definition) is 7. The highest BCUT2D eigenvalue weighted by Gasteiger charge is 2.30. The van der Waals surface area contributed by atoms with Crippen molar-refractivity contribution in [2.45, 2.75) is 45.1 Å². The minimum atomic E-state index is -0.807. The Bertz CT molecular complexity index is 1620. The quantitative estimate of drug-likeness (QED) is 0.221. The van der Waals surface area contributed by atoms with Gasteiger partial charge in [0.05, 0.1) is 13.1 Å². The van der Waals surface area contributed by atoms with Crippen LogP contribution in [0.2, 0.25) is 0 Å². The average Bonchev–Trinajstić information content (AvgIpc) is 3.66. The van der Waals surface area contributed by atoms with Crippen LogP contribution in [0.3, 0.4) is 0 Å². The molecule has 0 spiro atoms. The maximum absolute atomic E-state index is 13.6. The van der Waals surface area contributed by atoms with Gasteiger partial charge in [0.1, 0.15) is 17.4 Å². The lowest BCUT2D eigenvalue weighted by Crippen LogP contribution is -2.45. The van der Waals surface area contributed by atoms with E-state index in [9.17, 15) is 24.0 Å². The van der Waals surface area contributed by atoms with Crippen molar-refractivity contribution < 1.29 is 28.4 Å². The first-order valence-electron chi connectivity index (χ1n) is 15.1. The first-order valence-corrected chi connectivity index (χ1v) is 15.1. The Morgan fingerprint density at radius 2 is 1.62 bits per heavy atom. The molecule has 13 heteroatoms. The van der Waals surface area contributed by atoms with Gasteiger partial charge in [-0.15, -0.1) is 0 Å². The van der Waals surface area contributed by atoms with Crippen molar-refractivity contribution in [2.75, 3.05) is 38.0 Å². The molecule has 0 bridgehead atoms. The summed E-state index contributed by atoms with van der Waals surface area (Å²) in [5.74, 6) is -1.21. The summed E-state index contributed by atoms with van der Waals surface area (Å²) in [5, 5.41) is 9.18. The molecule has 3 heterocycles. The summed E-state index contributed by atoms with van der Waals surface area (Å²) in [5.41, 5.74) is 6.89. The van der Waals surface area contributed by atoms with Gasteiger partial charge >= 0.3 is 0 Å². The van der Waals surface area contributed by atoms with Crippen molar-refractivity contribution >= 4 is 52.2 Å². The van der Waals surface area contributed by atoms with Crippen molar-refractivity contribution in [3.05, 3.63) is 65.4 Å². The standard InChI is InChI=1S/C32H37N7O6/c1-20-16-23-17-24(11-12-26(23)45-20)35-32(37-30(43)22-9-7-21(8-10-22)29(42)34-18-27(33)40)36-25-6-2-3-15-39(31(25)44)19-28(41)38-13-4-5-14-38/h7-12,16-17,25H,2-6,13-15,18-19H2,1H3,(H2,33,40)(H,34,42)(H2,35,36,37,43). The summed E-state index contributed by atoms with van der Waals surface area (Å²) in [6, 6.07) is 12.4. The molecule has 13 nitrogen and oxygen atoms in total. The van der Waals surface area contributed by atoms with Gasteiger partial charge in [0.15, 0.2) is 0 Å². The first kappa shape index (κ1) is 31.2. The van der Waals surface area contributed by atoms with Crippen LogP contribution in [0.15, 0.2) is 57.9 Å². The van der Waals surface area contributed by atoms with E-state index < -0.39 is 23.8 Å². The lowest BCUT2D eigenvalue weighted by Gasteiger charge is -2.25. The number of likely N-dealkylation sites (tertiary alicyclic amines) is 2. The summed E-state index contributed by atoms with van der Waals surface area (Å²) in [4.78, 5) is 71.1. The van der Waals surface area contributed by atoms with Crippen LogP contribution >= 0.6 is 0 Å². The number of carbonyl (C=O) groups is 5. The minimum Gasteiger partial charge on any atom is -0.461 e. The van der Waals surface area contributed by atoms with Gasteiger partial charge in [0.25, 0.3) is 11.8 Å². The molecule has 2 aromatic carbocycles. The summed E-state index contributed by atoms with van der Waals surface area (Å²) in [6.45, 7) is 3.45. The lowest BCUT2D eigenvalue weighted by atomic mass is 10.1. The van der Waals surface area contributed by atoms with Crippen molar-refractivity contribution in [1.82, 2.24) is 20.4 Å². The SMILES string of the molecule is Cc1cc2cc(NC(=NC3CCCCN(CC(=O)N4CCCC4)C3=O)NC(=O)c3ccc(C(=O)NCC(N)=O)cc3)ccc2o1. The number of anilines is 1. The van der Waals surface area contributed by atoms with E-state index in [0.717, 1.165) is 36.8 Å². The van der Waals surface area contributed by atoms with E-state index in [-0.39, 0.29) is 42.0 Å². The maximum atomic E-state index is 13.6. The van der Waals surface area contributed by atoms with Crippen LogP contribution in [0.1, 0.15) is 58.6 Å². The second-order valence-electron chi connectivity index (χ2n) is 11.3. The largest absolute Gasteiger partial charge is 0.461 e. The third-order valence-electron chi connectivity index (χ3n) is 7.79. The maximum Gasteiger partial charge on any atom is 0.257 e. The second kappa shape index (κ2) is 14.1. The van der Waals surface area contributed by atoms with E-state index >= 15 is 0 Å². The number of nitrogens with one attached hydrogen (secondary N) is 3. The lowest BCUT2D eigenvalue weighted by molar-refractivity contribution is -0.140. The van der Waals surface area contributed by atoms with E-state index in [1.165, 1.54) is 24.3 Å². The third kappa shape index (κ3) is 8.05. The second-order valence-corrected chi connectivity index (χ2v) is 11.3. The highest BCUT2D eigenvalue weighted by Crippen LogP contribution is 2.23. The Kier molecular flexibility index (Phi) is 9.76. The summed E-state index contributed by atoms with van der Waals surface area (Å²) in [7, 11) is 0. The number of primary amides is 1. The smallest absolute Gasteiger partial charge is 0.257 e. The highest BCUT2D eigenvalue weighted by molar-refractivity contribution is 6.11. The van der Waals surface area contributed by atoms with Crippen LogP contribution in [0, 0.1) is 6.92 Å². The number of nitrogens with two attached hydrogens (primary N) is 1. The molecule has 2 aliphatic heterocycles. The number of amides is 5. The third-order valence-corrected chi connectivity index (χ3v) is 7.79. The number of aliphatic imine (C=N–C) groups is 1. The molecular formula is C32H37N7O6. The topological polar surface area (TPSA) is 179 Å². The molecule has 1 atom stereocenters. The molecule has 0 radical (unpaired) electrons. The monoisotopic (exact) mass is 615 g/mol. The van der Waals surface area contributed by atoms with Crippen molar-refractivity contribution in [3.8, 4) is 0 Å². The number of benzene rings is 2. The van der Waals surface area contributed by atoms with Gasteiger partial charge in [-0.3, -0.25) is 29.3 Å². The molecule has 3 aromatic rings. The van der Waals surface area contributed by atoms with Crippen LogP contribution in [0.5, 0.6) is 0 Å². The predicted octanol–water partition coefficient (Wildman–Crippen LogP) is 2.16. The van der Waals surface area contributed by atoms with Crippen LogP contribution in [0.25, 0.3) is 11.0 Å². The number of fused-ring (bicyclic) bond motifs is 1. The Hall–Kier alpha value is -5.20. The molecule has 5 amide bonds. The molecule has 2 fully saturated rings. The molecule has 1 unspecified atom stereocenters. The summed E-state index contributed by atoms with van der Waals surface area (Å²) in [6.07, 6.45) is 3.88. The van der Waals surface area contributed by atoms with Crippen molar-refractivity contribution in [3.63, 3.8) is 0 Å². The van der Waals surface area contributed by atoms with Gasteiger partial charge in [-0.25, -0.2) is 4.99 Å². The molecule has 1 aromatic heterocycles. The fraction of sp³-hybridized carbons (Fsp3) is 0.375. The Balaban J connectivity index is 1.37. The zero-order valence-electron chi connectivity index (χ0n) is 25.1. The molecule has 2 aliphatic rings. The van der Waals surface area contributed by atoms with E-state index in [0.29, 0.717) is 37.3 Å². The van der Waals surface area contributed by atoms with Crippen LogP contribution in [-0.2, 0) is 14.4 Å². The number of hydrogen-bond donors (Lipinski definition) is 4. The Morgan fingerprint density at radius 1 is 0.933 bits per heavy atom. The fourth-order valence-corrected chi connectivity index (χ4v) is 5.46.